The van der Waals surface area contributed by atoms with Crippen molar-refractivity contribution < 1.29 is 30.9 Å². The standard InChI is InChI=1S/C26H26F3N3O4S/c1-17-6-8-19(9-7-17)10-11-23-24(18(2)31-36-23)37(34,35)32-14-12-20(13-15-32)25(33)30-22-5-3-4-21(16-22)26(27,28)29/h3-11,16,20H,12-15H2,1-2H3,(H,30,33)/b11-10+. The lowest BCUT2D eigenvalue weighted by Crippen LogP contribution is -2.41. The Morgan fingerprint density at radius 1 is 1.08 bits per heavy atom. The number of rotatable bonds is 6. The van der Waals surface area contributed by atoms with Crippen LogP contribution in [-0.4, -0.2) is 36.9 Å². The minimum absolute atomic E-state index is 0.0253. The largest absolute Gasteiger partial charge is 0.416 e. The zero-order valence-corrected chi connectivity index (χ0v) is 21.1. The molecule has 2 aromatic carbocycles. The number of anilines is 1. The summed E-state index contributed by atoms with van der Waals surface area (Å²) >= 11 is 0. The van der Waals surface area contributed by atoms with Crippen LogP contribution in [0.15, 0.2) is 57.9 Å². The van der Waals surface area contributed by atoms with E-state index < -0.39 is 33.6 Å². The van der Waals surface area contributed by atoms with E-state index in [2.05, 4.69) is 10.5 Å². The van der Waals surface area contributed by atoms with Crippen molar-refractivity contribution >= 4 is 33.8 Å². The number of alkyl halides is 3. The highest BCUT2D eigenvalue weighted by atomic mass is 32.2. The third-order valence-corrected chi connectivity index (χ3v) is 8.28. The highest BCUT2D eigenvalue weighted by molar-refractivity contribution is 7.89. The molecule has 196 valence electrons. The SMILES string of the molecule is Cc1ccc(/C=C/c2onc(C)c2S(=O)(=O)N2CCC(C(=O)Nc3cccc(C(F)(F)F)c3)CC2)cc1. The number of hydrogen-bond donors (Lipinski definition) is 1. The molecular formula is C26H26F3N3O4S. The van der Waals surface area contributed by atoms with Crippen LogP contribution in [0.25, 0.3) is 12.2 Å². The van der Waals surface area contributed by atoms with Gasteiger partial charge >= 0.3 is 6.18 Å². The van der Waals surface area contributed by atoms with Gasteiger partial charge in [0.1, 0.15) is 5.69 Å². The van der Waals surface area contributed by atoms with Crippen LogP contribution in [-0.2, 0) is 21.0 Å². The maximum absolute atomic E-state index is 13.4. The molecule has 1 aliphatic rings. The number of sulfonamides is 1. The second-order valence-electron chi connectivity index (χ2n) is 8.95. The molecule has 0 spiro atoms. The molecular weight excluding hydrogens is 507 g/mol. The molecule has 11 heteroatoms. The zero-order valence-electron chi connectivity index (χ0n) is 20.2. The molecule has 0 unspecified atom stereocenters. The summed E-state index contributed by atoms with van der Waals surface area (Å²) in [6.07, 6.45) is -0.768. The maximum atomic E-state index is 13.4. The Labute approximate surface area is 213 Å². The number of nitrogens with one attached hydrogen (secondary N) is 1. The van der Waals surface area contributed by atoms with Crippen LogP contribution in [0.5, 0.6) is 0 Å². The number of carbonyl (C=O) groups excluding carboxylic acids is 1. The van der Waals surface area contributed by atoms with Gasteiger partial charge in [-0.25, -0.2) is 8.42 Å². The fraction of sp³-hybridized carbons (Fsp3) is 0.308. The first kappa shape index (κ1) is 26.6. The predicted octanol–water partition coefficient (Wildman–Crippen LogP) is 5.52. The van der Waals surface area contributed by atoms with E-state index in [4.69, 9.17) is 4.52 Å². The number of aromatic nitrogens is 1. The summed E-state index contributed by atoms with van der Waals surface area (Å²) in [5.74, 6) is -0.868. The van der Waals surface area contributed by atoms with Crippen LogP contribution in [0.2, 0.25) is 0 Å². The third-order valence-electron chi connectivity index (χ3n) is 6.22. The highest BCUT2D eigenvalue weighted by Gasteiger charge is 2.36. The van der Waals surface area contributed by atoms with Gasteiger partial charge in [0.15, 0.2) is 10.7 Å². The van der Waals surface area contributed by atoms with E-state index >= 15 is 0 Å². The summed E-state index contributed by atoms with van der Waals surface area (Å²) in [7, 11) is -3.95. The van der Waals surface area contributed by atoms with Crippen LogP contribution in [0.3, 0.4) is 0 Å². The Morgan fingerprint density at radius 3 is 2.41 bits per heavy atom. The van der Waals surface area contributed by atoms with E-state index in [9.17, 15) is 26.4 Å². The molecule has 3 aromatic rings. The molecule has 7 nitrogen and oxygen atoms in total. The van der Waals surface area contributed by atoms with Crippen LogP contribution >= 0.6 is 0 Å². The van der Waals surface area contributed by atoms with Crippen molar-refractivity contribution in [2.75, 3.05) is 18.4 Å². The molecule has 1 saturated heterocycles. The van der Waals surface area contributed by atoms with Crippen LogP contribution in [0.1, 0.15) is 41.0 Å². The third kappa shape index (κ3) is 6.11. The van der Waals surface area contributed by atoms with Crippen molar-refractivity contribution in [3.05, 3.63) is 76.7 Å². The van der Waals surface area contributed by atoms with Gasteiger partial charge in [-0.3, -0.25) is 4.79 Å². The van der Waals surface area contributed by atoms with Crippen LogP contribution < -0.4 is 5.32 Å². The van der Waals surface area contributed by atoms with E-state index in [1.54, 1.807) is 19.1 Å². The van der Waals surface area contributed by atoms with Crippen molar-refractivity contribution in [3.63, 3.8) is 0 Å². The van der Waals surface area contributed by atoms with Crippen molar-refractivity contribution in [2.24, 2.45) is 5.92 Å². The number of aryl methyl sites for hydroxylation is 2. The molecule has 0 atom stereocenters. The number of piperidine rings is 1. The van der Waals surface area contributed by atoms with Gasteiger partial charge < -0.3 is 9.84 Å². The quantitative estimate of drug-likeness (QED) is 0.451. The van der Waals surface area contributed by atoms with E-state index in [1.165, 1.54) is 16.4 Å². The summed E-state index contributed by atoms with van der Waals surface area (Å²) in [5.41, 5.74) is 1.38. The number of benzene rings is 2. The smallest absolute Gasteiger partial charge is 0.355 e. The second kappa shape index (κ2) is 10.5. The van der Waals surface area contributed by atoms with Gasteiger partial charge in [-0.15, -0.1) is 0 Å². The fourth-order valence-corrected chi connectivity index (χ4v) is 5.87. The first-order valence-electron chi connectivity index (χ1n) is 11.6. The fourth-order valence-electron chi connectivity index (χ4n) is 4.15. The van der Waals surface area contributed by atoms with Gasteiger partial charge in [-0.05, 0) is 56.5 Å². The molecule has 1 aliphatic heterocycles. The lowest BCUT2D eigenvalue weighted by atomic mass is 9.97. The number of carbonyl (C=O) groups is 1. The summed E-state index contributed by atoms with van der Waals surface area (Å²) in [6, 6.07) is 12.1. The number of halogens is 3. The summed E-state index contributed by atoms with van der Waals surface area (Å²) in [6.45, 7) is 3.68. The first-order chi connectivity index (χ1) is 17.4. The molecule has 1 N–H and O–H groups in total. The van der Waals surface area contributed by atoms with Gasteiger partial charge in [0.2, 0.25) is 15.9 Å². The molecule has 0 aliphatic carbocycles. The van der Waals surface area contributed by atoms with Gasteiger partial charge in [0.05, 0.1) is 5.56 Å². The van der Waals surface area contributed by atoms with E-state index in [0.717, 1.165) is 23.3 Å². The second-order valence-corrected chi connectivity index (χ2v) is 10.8. The number of amides is 1. The topological polar surface area (TPSA) is 92.5 Å². The molecule has 1 aromatic heterocycles. The summed E-state index contributed by atoms with van der Waals surface area (Å²) in [4.78, 5) is 12.6. The minimum Gasteiger partial charge on any atom is -0.355 e. The maximum Gasteiger partial charge on any atom is 0.416 e. The van der Waals surface area contributed by atoms with Gasteiger partial charge in [-0.2, -0.15) is 17.5 Å². The molecule has 0 saturated carbocycles. The Balaban J connectivity index is 1.43. The first-order valence-corrected chi connectivity index (χ1v) is 13.1. The van der Waals surface area contributed by atoms with Crippen molar-refractivity contribution in [1.82, 2.24) is 9.46 Å². The Morgan fingerprint density at radius 2 is 1.76 bits per heavy atom. The Bertz CT molecular complexity index is 1410. The van der Waals surface area contributed by atoms with Gasteiger partial charge in [0, 0.05) is 24.7 Å². The Kier molecular flexibility index (Phi) is 7.56. The average Bonchev–Trinajstić information content (AvgIpc) is 3.24. The molecule has 1 fully saturated rings. The highest BCUT2D eigenvalue weighted by Crippen LogP contribution is 2.32. The normalized spacial score (nSPS) is 15.8. The minimum atomic E-state index is -4.52. The van der Waals surface area contributed by atoms with Crippen LogP contribution in [0.4, 0.5) is 18.9 Å². The van der Waals surface area contributed by atoms with Crippen molar-refractivity contribution in [3.8, 4) is 0 Å². The molecule has 0 bridgehead atoms. The van der Waals surface area contributed by atoms with Crippen molar-refractivity contribution in [1.29, 1.82) is 0 Å². The van der Waals surface area contributed by atoms with Gasteiger partial charge in [-0.1, -0.05) is 47.1 Å². The van der Waals surface area contributed by atoms with E-state index in [-0.39, 0.29) is 48.0 Å². The van der Waals surface area contributed by atoms with Crippen LogP contribution in [0, 0.1) is 19.8 Å². The summed E-state index contributed by atoms with van der Waals surface area (Å²) < 4.78 is 72.3. The van der Waals surface area contributed by atoms with Crippen molar-refractivity contribution in [2.45, 2.75) is 37.8 Å². The summed E-state index contributed by atoms with van der Waals surface area (Å²) in [5, 5.41) is 6.36. The lowest BCUT2D eigenvalue weighted by molar-refractivity contribution is -0.137. The monoisotopic (exact) mass is 533 g/mol. The molecule has 37 heavy (non-hydrogen) atoms. The number of hydrogen-bond acceptors (Lipinski definition) is 5. The molecule has 1 amide bonds. The molecule has 2 heterocycles. The van der Waals surface area contributed by atoms with E-state index in [1.807, 2.05) is 31.2 Å². The van der Waals surface area contributed by atoms with E-state index in [0.29, 0.717) is 0 Å². The molecule has 4 rings (SSSR count). The molecule has 0 radical (unpaired) electrons. The number of nitrogens with zero attached hydrogens (tertiary/aromatic N) is 2. The Hall–Kier alpha value is -3.44. The predicted molar refractivity (Wildman–Crippen MR) is 133 cm³/mol. The average molecular weight is 534 g/mol. The van der Waals surface area contributed by atoms with Gasteiger partial charge in [0.25, 0.3) is 0 Å². The lowest BCUT2D eigenvalue weighted by Gasteiger charge is -2.30. The zero-order chi connectivity index (χ0) is 26.8.